The number of carbonyl (C=O) groups is 1. The Hall–Kier alpha value is -2.84. The largest absolute Gasteiger partial charge is 0.493 e. The highest BCUT2D eigenvalue weighted by Crippen LogP contribution is 2.37. The molecule has 0 aliphatic heterocycles. The fourth-order valence-corrected chi connectivity index (χ4v) is 3.50. The van der Waals surface area contributed by atoms with Gasteiger partial charge < -0.3 is 19.6 Å². The highest BCUT2D eigenvalue weighted by Gasteiger charge is 2.13. The van der Waals surface area contributed by atoms with Crippen molar-refractivity contribution in [3.05, 3.63) is 62.1 Å². The number of fused-ring (bicyclic) bond motifs is 1. The number of hydrogen-bond acceptors (Lipinski definition) is 5. The van der Waals surface area contributed by atoms with Crippen LogP contribution in [0.2, 0.25) is 0 Å². The summed E-state index contributed by atoms with van der Waals surface area (Å²) in [7, 11) is 1.53. The Kier molecular flexibility index (Phi) is 6.24. The molecule has 150 valence electrons. The van der Waals surface area contributed by atoms with Gasteiger partial charge in [-0.2, -0.15) is 0 Å². The van der Waals surface area contributed by atoms with Gasteiger partial charge in [-0.1, -0.05) is 11.6 Å². The topological polar surface area (TPSA) is 102 Å². The number of rotatable bonds is 6. The van der Waals surface area contributed by atoms with E-state index in [2.05, 4.69) is 25.9 Å². The molecule has 0 fully saturated rings. The first kappa shape index (κ1) is 20.9. The molecule has 0 aliphatic carbocycles. The van der Waals surface area contributed by atoms with Crippen molar-refractivity contribution in [3.63, 3.8) is 0 Å². The zero-order valence-corrected chi connectivity index (χ0v) is 17.8. The van der Waals surface area contributed by atoms with Crippen LogP contribution in [0.3, 0.4) is 0 Å². The summed E-state index contributed by atoms with van der Waals surface area (Å²) in [5, 5.41) is 9.59. The number of aromatic amines is 1. The molecule has 7 nitrogen and oxygen atoms in total. The summed E-state index contributed by atoms with van der Waals surface area (Å²) in [5.74, 6) is 0.101. The van der Waals surface area contributed by atoms with Crippen LogP contribution >= 0.6 is 27.5 Å². The SMILES string of the molecule is CCOc1c(Br)cc(C=C(Cl)c2nc3cc(C(=O)O)ccc3c(=O)[nH]2)cc1OC. The molecule has 0 atom stereocenters. The van der Waals surface area contributed by atoms with Gasteiger partial charge in [0.1, 0.15) is 0 Å². The van der Waals surface area contributed by atoms with Crippen molar-refractivity contribution < 1.29 is 19.4 Å². The zero-order chi connectivity index (χ0) is 21.1. The number of ether oxygens (including phenoxy) is 2. The van der Waals surface area contributed by atoms with E-state index >= 15 is 0 Å². The summed E-state index contributed by atoms with van der Waals surface area (Å²) in [5.41, 5.74) is 0.533. The number of nitrogens with one attached hydrogen (secondary N) is 1. The maximum atomic E-state index is 12.3. The standard InChI is InChI=1S/C20H16BrClN2O5/c1-3-29-17-13(21)6-10(8-16(17)28-2)7-14(22)18-23-15-9-11(20(26)27)4-5-12(15)19(25)24-18/h4-9H,3H2,1-2H3,(H,26,27)(H,23,24,25). The smallest absolute Gasteiger partial charge is 0.335 e. The number of nitrogens with zero attached hydrogens (tertiary/aromatic N) is 1. The molecule has 0 spiro atoms. The highest BCUT2D eigenvalue weighted by molar-refractivity contribution is 9.10. The molecule has 0 bridgehead atoms. The first-order valence-corrected chi connectivity index (χ1v) is 9.66. The first-order valence-electron chi connectivity index (χ1n) is 8.49. The molecule has 1 aromatic heterocycles. The summed E-state index contributed by atoms with van der Waals surface area (Å²) in [6.45, 7) is 2.35. The van der Waals surface area contributed by atoms with Crippen LogP contribution < -0.4 is 15.0 Å². The van der Waals surface area contributed by atoms with Crippen LogP contribution in [0, 0.1) is 0 Å². The van der Waals surface area contributed by atoms with Gasteiger partial charge in [-0.25, -0.2) is 9.78 Å². The third kappa shape index (κ3) is 4.44. The van der Waals surface area contributed by atoms with Crippen LogP contribution in [0.4, 0.5) is 0 Å². The molecular weight excluding hydrogens is 464 g/mol. The van der Waals surface area contributed by atoms with E-state index in [1.165, 1.54) is 25.3 Å². The normalized spacial score (nSPS) is 11.5. The molecule has 3 rings (SSSR count). The Morgan fingerprint density at radius 3 is 2.76 bits per heavy atom. The molecule has 0 saturated carbocycles. The van der Waals surface area contributed by atoms with Crippen LogP contribution in [0.5, 0.6) is 11.5 Å². The van der Waals surface area contributed by atoms with E-state index in [1.807, 2.05) is 6.92 Å². The van der Waals surface area contributed by atoms with Crippen molar-refractivity contribution in [1.29, 1.82) is 0 Å². The molecule has 0 saturated heterocycles. The lowest BCUT2D eigenvalue weighted by molar-refractivity contribution is 0.0697. The average Bonchev–Trinajstić information content (AvgIpc) is 2.69. The monoisotopic (exact) mass is 478 g/mol. The number of hydrogen-bond donors (Lipinski definition) is 2. The van der Waals surface area contributed by atoms with Gasteiger partial charge >= 0.3 is 5.97 Å². The average molecular weight is 480 g/mol. The molecule has 2 N–H and O–H groups in total. The second kappa shape index (κ2) is 8.67. The van der Waals surface area contributed by atoms with E-state index in [0.717, 1.165) is 0 Å². The number of carboxylic acid groups (broad SMARTS) is 1. The van der Waals surface area contributed by atoms with Gasteiger partial charge in [0.25, 0.3) is 5.56 Å². The number of benzene rings is 2. The van der Waals surface area contributed by atoms with Crippen molar-refractivity contribution in [1.82, 2.24) is 9.97 Å². The van der Waals surface area contributed by atoms with Crippen molar-refractivity contribution in [2.75, 3.05) is 13.7 Å². The quantitative estimate of drug-likeness (QED) is 0.539. The van der Waals surface area contributed by atoms with E-state index in [0.29, 0.717) is 28.1 Å². The number of aromatic carboxylic acids is 1. The van der Waals surface area contributed by atoms with Gasteiger partial charge in [0.2, 0.25) is 0 Å². The highest BCUT2D eigenvalue weighted by atomic mass is 79.9. The third-order valence-corrected chi connectivity index (χ3v) is 4.89. The molecule has 29 heavy (non-hydrogen) atoms. The lowest BCUT2D eigenvalue weighted by atomic mass is 10.1. The Morgan fingerprint density at radius 1 is 1.34 bits per heavy atom. The maximum Gasteiger partial charge on any atom is 0.335 e. The molecule has 0 radical (unpaired) electrons. The van der Waals surface area contributed by atoms with Gasteiger partial charge in [-0.15, -0.1) is 0 Å². The Morgan fingerprint density at radius 2 is 2.10 bits per heavy atom. The van der Waals surface area contributed by atoms with E-state index in [-0.39, 0.29) is 27.3 Å². The van der Waals surface area contributed by atoms with Gasteiger partial charge in [0, 0.05) is 0 Å². The predicted molar refractivity (Wildman–Crippen MR) is 115 cm³/mol. The lowest BCUT2D eigenvalue weighted by Crippen LogP contribution is -2.11. The second-order valence-electron chi connectivity index (χ2n) is 5.91. The molecule has 9 heteroatoms. The third-order valence-electron chi connectivity index (χ3n) is 4.01. The fraction of sp³-hybridized carbons (Fsp3) is 0.150. The number of methoxy groups -OCH3 is 1. The lowest BCUT2D eigenvalue weighted by Gasteiger charge is -2.12. The van der Waals surface area contributed by atoms with Crippen molar-refractivity contribution in [3.8, 4) is 11.5 Å². The molecule has 2 aromatic carbocycles. The van der Waals surface area contributed by atoms with Crippen LogP contribution in [-0.2, 0) is 0 Å². The maximum absolute atomic E-state index is 12.3. The summed E-state index contributed by atoms with van der Waals surface area (Å²) >= 11 is 9.83. The minimum Gasteiger partial charge on any atom is -0.493 e. The zero-order valence-electron chi connectivity index (χ0n) is 15.5. The van der Waals surface area contributed by atoms with Crippen molar-refractivity contribution in [2.45, 2.75) is 6.92 Å². The van der Waals surface area contributed by atoms with Crippen LogP contribution in [0.1, 0.15) is 28.7 Å². The Bertz CT molecular complexity index is 1190. The molecule has 0 aliphatic rings. The molecule has 1 heterocycles. The van der Waals surface area contributed by atoms with Crippen molar-refractivity contribution in [2.24, 2.45) is 0 Å². The summed E-state index contributed by atoms with van der Waals surface area (Å²) < 4.78 is 11.6. The van der Waals surface area contributed by atoms with Crippen LogP contribution in [0.25, 0.3) is 22.0 Å². The minimum atomic E-state index is -1.11. The molecule has 0 amide bonds. The summed E-state index contributed by atoms with van der Waals surface area (Å²) in [4.78, 5) is 30.4. The van der Waals surface area contributed by atoms with Crippen molar-refractivity contribution >= 4 is 55.5 Å². The molecule has 0 unspecified atom stereocenters. The van der Waals surface area contributed by atoms with E-state index in [9.17, 15) is 9.59 Å². The minimum absolute atomic E-state index is 0.0295. The Balaban J connectivity index is 2.08. The Labute approximate surface area is 179 Å². The van der Waals surface area contributed by atoms with Crippen LogP contribution in [-0.4, -0.2) is 34.8 Å². The number of halogens is 2. The number of aromatic nitrogens is 2. The van der Waals surface area contributed by atoms with Crippen LogP contribution in [0.15, 0.2) is 39.6 Å². The summed E-state index contributed by atoms with van der Waals surface area (Å²) in [6.07, 6.45) is 1.61. The second-order valence-corrected chi connectivity index (χ2v) is 7.17. The molecular formula is C20H16BrClN2O5. The van der Waals surface area contributed by atoms with E-state index < -0.39 is 11.5 Å². The van der Waals surface area contributed by atoms with E-state index in [1.54, 1.807) is 18.2 Å². The fourth-order valence-electron chi connectivity index (χ4n) is 2.71. The predicted octanol–water partition coefficient (Wildman–Crippen LogP) is 4.53. The van der Waals surface area contributed by atoms with Gasteiger partial charge in [0.15, 0.2) is 17.3 Å². The van der Waals surface area contributed by atoms with Gasteiger partial charge in [0.05, 0.1) is 39.7 Å². The first-order chi connectivity index (χ1) is 13.8. The number of carboxylic acids is 1. The van der Waals surface area contributed by atoms with Gasteiger partial charge in [-0.3, -0.25) is 4.79 Å². The van der Waals surface area contributed by atoms with Gasteiger partial charge in [-0.05, 0) is 64.8 Å². The van der Waals surface area contributed by atoms with E-state index in [4.69, 9.17) is 26.2 Å². The summed E-state index contributed by atoms with van der Waals surface area (Å²) in [6, 6.07) is 7.62. The molecule has 3 aromatic rings. The number of H-pyrrole nitrogens is 1.